The van der Waals surface area contributed by atoms with Crippen LogP contribution in [0.3, 0.4) is 0 Å². The molecule has 1 aromatic heterocycles. The Morgan fingerprint density at radius 3 is 2.36 bits per heavy atom. The van der Waals surface area contributed by atoms with Gasteiger partial charge in [0.1, 0.15) is 5.75 Å². The van der Waals surface area contributed by atoms with Crippen LogP contribution in [0.2, 0.25) is 0 Å². The van der Waals surface area contributed by atoms with E-state index in [2.05, 4.69) is 57.7 Å². The van der Waals surface area contributed by atoms with Crippen LogP contribution in [0.25, 0.3) is 11.1 Å². The predicted octanol–water partition coefficient (Wildman–Crippen LogP) is 7.51. The molecule has 0 atom stereocenters. The molecular weight excluding hydrogens is 750 g/mol. The zero-order valence-corrected chi connectivity index (χ0v) is 32.0. The van der Waals surface area contributed by atoms with Gasteiger partial charge in [-0.05, 0) is 90.7 Å². The third-order valence-electron chi connectivity index (χ3n) is 9.00. The van der Waals surface area contributed by atoms with Crippen LogP contribution < -0.4 is 19.7 Å². The van der Waals surface area contributed by atoms with E-state index in [1.54, 1.807) is 6.07 Å². The third-order valence-corrected chi connectivity index (χ3v) is 11.3. The zero-order valence-electron chi connectivity index (χ0n) is 30.3. The summed E-state index contributed by atoms with van der Waals surface area (Å²) in [7, 11) is -4.67. The summed E-state index contributed by atoms with van der Waals surface area (Å²) in [4.78, 5) is 17.5. The van der Waals surface area contributed by atoms with Crippen LogP contribution in [0.4, 0.5) is 24.7 Å². The lowest BCUT2D eigenvalue weighted by atomic mass is 9.98. The molecule has 2 heterocycles. The number of amides is 1. The van der Waals surface area contributed by atoms with Crippen molar-refractivity contribution >= 4 is 39.2 Å². The molecule has 4 aromatic carbocycles. The topological polar surface area (TPSA) is 117 Å². The number of carbonyl (C=O) groups is 1. The molecule has 0 saturated carbocycles. The second-order valence-electron chi connectivity index (χ2n) is 12.9. The van der Waals surface area contributed by atoms with Crippen molar-refractivity contribution < 1.29 is 31.1 Å². The number of hydrogen-bond acceptors (Lipinski definition) is 10. The number of hydrogen-bond donors (Lipinski definition) is 2. The summed E-state index contributed by atoms with van der Waals surface area (Å²) in [6, 6.07) is 29.5. The highest BCUT2D eigenvalue weighted by Crippen LogP contribution is 2.36. The van der Waals surface area contributed by atoms with Crippen molar-refractivity contribution in [2.45, 2.75) is 36.4 Å². The van der Waals surface area contributed by atoms with Crippen LogP contribution in [0.1, 0.15) is 34.1 Å². The van der Waals surface area contributed by atoms with Crippen molar-refractivity contribution in [3.8, 4) is 16.9 Å². The van der Waals surface area contributed by atoms with E-state index in [9.17, 15) is 26.4 Å². The largest absolute Gasteiger partial charge is 0.494 e. The number of aryl methyl sites for hydroxylation is 1. The SMILES string of the molecule is CCOc1cccc(-c2ccc(CN3CCN(c4ccc(C(=O)NS(=O)(=O)c5ccc(NCCSc6ccccc6)c(C(F)(F)F)c5)nn4)CC3)cc2C)c1. The van der Waals surface area contributed by atoms with Gasteiger partial charge in [-0.15, -0.1) is 22.0 Å². The van der Waals surface area contributed by atoms with Crippen LogP contribution in [0.5, 0.6) is 5.75 Å². The summed E-state index contributed by atoms with van der Waals surface area (Å²) >= 11 is 1.47. The van der Waals surface area contributed by atoms with Crippen LogP contribution >= 0.6 is 11.8 Å². The molecule has 1 aliphatic heterocycles. The van der Waals surface area contributed by atoms with E-state index in [4.69, 9.17) is 4.74 Å². The lowest BCUT2D eigenvalue weighted by Crippen LogP contribution is -2.46. The minimum absolute atomic E-state index is 0.205. The highest BCUT2D eigenvalue weighted by atomic mass is 32.2. The Morgan fingerprint density at radius 1 is 0.891 bits per heavy atom. The average Bonchev–Trinajstić information content (AvgIpc) is 3.17. The van der Waals surface area contributed by atoms with E-state index < -0.39 is 32.6 Å². The molecule has 5 aromatic rings. The molecule has 1 aliphatic rings. The first-order valence-corrected chi connectivity index (χ1v) is 20.2. The number of thioether (sulfide) groups is 1. The molecule has 1 saturated heterocycles. The number of ether oxygens (including phenoxy) is 1. The zero-order chi connectivity index (χ0) is 39.0. The van der Waals surface area contributed by atoms with E-state index in [-0.39, 0.29) is 17.9 Å². The summed E-state index contributed by atoms with van der Waals surface area (Å²) in [6.45, 7) is 8.52. The number of benzene rings is 4. The van der Waals surface area contributed by atoms with E-state index in [1.165, 1.54) is 29.0 Å². The number of rotatable bonds is 14. The monoisotopic (exact) mass is 790 g/mol. The highest BCUT2D eigenvalue weighted by molar-refractivity contribution is 7.99. The normalized spacial score (nSPS) is 13.7. The van der Waals surface area contributed by atoms with Crippen molar-refractivity contribution in [2.75, 3.05) is 55.3 Å². The molecular formula is C40H41F3N6O4S2. The fourth-order valence-corrected chi connectivity index (χ4v) is 8.04. The number of alkyl halides is 3. The van der Waals surface area contributed by atoms with Gasteiger partial charge in [0.25, 0.3) is 15.9 Å². The number of anilines is 2. The molecule has 55 heavy (non-hydrogen) atoms. The second kappa shape index (κ2) is 17.6. The number of nitrogens with zero attached hydrogens (tertiary/aromatic N) is 4. The van der Waals surface area contributed by atoms with Crippen molar-refractivity contribution in [1.82, 2.24) is 19.8 Å². The van der Waals surface area contributed by atoms with Gasteiger partial charge in [-0.3, -0.25) is 9.69 Å². The second-order valence-corrected chi connectivity index (χ2v) is 15.7. The molecule has 0 unspecified atom stereocenters. The van der Waals surface area contributed by atoms with Crippen LogP contribution in [0, 0.1) is 6.92 Å². The number of nitrogens with one attached hydrogen (secondary N) is 2. The fourth-order valence-electron chi connectivity index (χ4n) is 6.26. The van der Waals surface area contributed by atoms with Gasteiger partial charge < -0.3 is 15.0 Å². The van der Waals surface area contributed by atoms with Gasteiger partial charge in [-0.1, -0.05) is 48.5 Å². The van der Waals surface area contributed by atoms with Crippen LogP contribution in [-0.4, -0.2) is 74.5 Å². The molecule has 2 N–H and O–H groups in total. The molecule has 1 fully saturated rings. The molecule has 1 amide bonds. The molecule has 10 nitrogen and oxygen atoms in total. The Balaban J connectivity index is 1.01. The number of aromatic nitrogens is 2. The van der Waals surface area contributed by atoms with Crippen molar-refractivity contribution in [2.24, 2.45) is 0 Å². The van der Waals surface area contributed by atoms with Gasteiger partial charge in [0.2, 0.25) is 0 Å². The van der Waals surface area contributed by atoms with Crippen LogP contribution in [-0.2, 0) is 22.7 Å². The average molecular weight is 791 g/mol. The molecule has 6 rings (SSSR count). The predicted molar refractivity (Wildman–Crippen MR) is 209 cm³/mol. The number of piperazine rings is 1. The molecule has 15 heteroatoms. The standard InChI is InChI=1S/C40H41F3N6O4S2/c1-3-53-31-9-7-8-30(25-31)34-14-12-29(24-28(34)2)27-48-19-21-49(22-20-48)38-17-16-37(45-46-38)39(50)47-55(51,52)33-13-15-36(35(26-33)40(41,42)43)44-18-23-54-32-10-5-4-6-11-32/h4-17,24-26,44H,3,18-23,27H2,1-2H3,(H,47,50). The summed E-state index contributed by atoms with van der Waals surface area (Å²) < 4.78 is 75.5. The molecule has 288 valence electrons. The molecule has 0 bridgehead atoms. The molecule has 0 aliphatic carbocycles. The lowest BCUT2D eigenvalue weighted by Gasteiger charge is -2.35. The van der Waals surface area contributed by atoms with Gasteiger partial charge in [0.05, 0.1) is 17.1 Å². The maximum absolute atomic E-state index is 14.0. The van der Waals surface area contributed by atoms with E-state index in [1.807, 2.05) is 59.0 Å². The Hall–Kier alpha value is -5.12. The van der Waals surface area contributed by atoms with Crippen molar-refractivity contribution in [3.63, 3.8) is 0 Å². The maximum atomic E-state index is 14.0. The van der Waals surface area contributed by atoms with Crippen molar-refractivity contribution in [3.05, 3.63) is 126 Å². The smallest absolute Gasteiger partial charge is 0.418 e. The lowest BCUT2D eigenvalue weighted by molar-refractivity contribution is -0.137. The Morgan fingerprint density at radius 2 is 1.67 bits per heavy atom. The van der Waals surface area contributed by atoms with Gasteiger partial charge in [-0.2, -0.15) is 13.2 Å². The van der Waals surface area contributed by atoms with E-state index >= 15 is 0 Å². The first-order valence-electron chi connectivity index (χ1n) is 17.7. The van der Waals surface area contributed by atoms with Crippen LogP contribution in [0.15, 0.2) is 113 Å². The van der Waals surface area contributed by atoms with Crippen molar-refractivity contribution in [1.29, 1.82) is 0 Å². The highest BCUT2D eigenvalue weighted by Gasteiger charge is 2.35. The van der Waals surface area contributed by atoms with Gasteiger partial charge in [-0.25, -0.2) is 13.1 Å². The third kappa shape index (κ3) is 10.3. The van der Waals surface area contributed by atoms with Gasteiger partial charge in [0, 0.05) is 55.6 Å². The summed E-state index contributed by atoms with van der Waals surface area (Å²) in [5.74, 6) is 0.739. The minimum Gasteiger partial charge on any atom is -0.494 e. The maximum Gasteiger partial charge on any atom is 0.418 e. The van der Waals surface area contributed by atoms with E-state index in [0.29, 0.717) is 37.3 Å². The fraction of sp³-hybridized carbons (Fsp3) is 0.275. The Kier molecular flexibility index (Phi) is 12.6. The first-order chi connectivity index (χ1) is 26.4. The number of halogens is 3. The molecule has 0 spiro atoms. The quantitative estimate of drug-likeness (QED) is 0.0865. The number of carbonyl (C=O) groups excluding carboxylic acids is 1. The van der Waals surface area contributed by atoms with Gasteiger partial charge >= 0.3 is 6.18 Å². The summed E-state index contributed by atoms with van der Waals surface area (Å²) in [5.41, 5.74) is 2.93. The summed E-state index contributed by atoms with van der Waals surface area (Å²) in [5, 5.41) is 10.8. The van der Waals surface area contributed by atoms with E-state index in [0.717, 1.165) is 53.5 Å². The van der Waals surface area contributed by atoms with Gasteiger partial charge in [0.15, 0.2) is 11.5 Å². The number of sulfonamides is 1. The molecule has 0 radical (unpaired) electrons. The Labute approximate surface area is 323 Å². The Bertz CT molecular complexity index is 2200. The first kappa shape index (κ1) is 39.6. The summed E-state index contributed by atoms with van der Waals surface area (Å²) in [6.07, 6.45) is -4.85. The minimum atomic E-state index is -4.85.